The fraction of sp³-hybridized carbons (Fsp3) is 0.667. The van der Waals surface area contributed by atoms with Crippen LogP contribution in [0, 0.1) is 19.3 Å². The van der Waals surface area contributed by atoms with E-state index < -0.39 is 21.4 Å². The van der Waals surface area contributed by atoms with Gasteiger partial charge in [-0.1, -0.05) is 6.92 Å². The van der Waals surface area contributed by atoms with Crippen molar-refractivity contribution < 1.29 is 18.3 Å². The summed E-state index contributed by atoms with van der Waals surface area (Å²) in [5.74, 6) is -1.03. The smallest absolute Gasteiger partial charge is 0.310 e. The molecule has 7 nitrogen and oxygen atoms in total. The van der Waals surface area contributed by atoms with Crippen molar-refractivity contribution in [2.75, 3.05) is 6.54 Å². The Morgan fingerprint density at radius 1 is 1.45 bits per heavy atom. The first-order chi connectivity index (χ1) is 9.05. The van der Waals surface area contributed by atoms with E-state index in [2.05, 4.69) is 9.82 Å². The molecule has 2 N–H and O–H groups in total. The monoisotopic (exact) mass is 303 g/mol. The van der Waals surface area contributed by atoms with Crippen LogP contribution >= 0.6 is 0 Å². The zero-order chi connectivity index (χ0) is 15.7. The van der Waals surface area contributed by atoms with Crippen molar-refractivity contribution in [3.05, 3.63) is 11.4 Å². The summed E-state index contributed by atoms with van der Waals surface area (Å²) in [4.78, 5) is 11.3. The third kappa shape index (κ3) is 3.01. The summed E-state index contributed by atoms with van der Waals surface area (Å²) in [5, 5.41) is 13.2. The highest BCUT2D eigenvalue weighted by Crippen LogP contribution is 2.23. The van der Waals surface area contributed by atoms with E-state index in [1.807, 2.05) is 0 Å². The minimum atomic E-state index is -3.77. The van der Waals surface area contributed by atoms with E-state index in [0.29, 0.717) is 17.8 Å². The van der Waals surface area contributed by atoms with Gasteiger partial charge in [0.2, 0.25) is 10.0 Å². The maximum atomic E-state index is 12.3. The molecule has 0 bridgehead atoms. The van der Waals surface area contributed by atoms with Crippen LogP contribution in [0.5, 0.6) is 0 Å². The van der Waals surface area contributed by atoms with Gasteiger partial charge in [-0.15, -0.1) is 0 Å². The Hall–Kier alpha value is -1.41. The molecule has 0 spiro atoms. The Morgan fingerprint density at radius 3 is 2.35 bits per heavy atom. The van der Waals surface area contributed by atoms with Crippen LogP contribution in [0.15, 0.2) is 4.90 Å². The molecule has 1 aromatic heterocycles. The molecule has 0 amide bonds. The molecule has 1 atom stereocenters. The minimum Gasteiger partial charge on any atom is -0.481 e. The number of hydrogen-bond acceptors (Lipinski definition) is 4. The van der Waals surface area contributed by atoms with Crippen molar-refractivity contribution in [1.29, 1.82) is 0 Å². The molecule has 1 unspecified atom stereocenters. The average Bonchev–Trinajstić information content (AvgIpc) is 2.60. The zero-order valence-electron chi connectivity index (χ0n) is 12.4. The van der Waals surface area contributed by atoms with Crippen molar-refractivity contribution in [1.82, 2.24) is 14.5 Å². The van der Waals surface area contributed by atoms with E-state index in [4.69, 9.17) is 5.11 Å². The lowest BCUT2D eigenvalue weighted by Gasteiger charge is -2.23. The summed E-state index contributed by atoms with van der Waals surface area (Å²) < 4.78 is 28.5. The Morgan fingerprint density at radius 2 is 2.00 bits per heavy atom. The maximum Gasteiger partial charge on any atom is 0.310 e. The predicted octanol–water partition coefficient (Wildman–Crippen LogP) is 0.816. The maximum absolute atomic E-state index is 12.3. The molecule has 0 saturated carbocycles. The molecular formula is C12H21N3O4S. The van der Waals surface area contributed by atoms with Gasteiger partial charge in [0.25, 0.3) is 0 Å². The van der Waals surface area contributed by atoms with Crippen LogP contribution < -0.4 is 4.72 Å². The first kappa shape index (κ1) is 16.6. The van der Waals surface area contributed by atoms with Crippen molar-refractivity contribution in [2.45, 2.75) is 39.0 Å². The number of hydrogen-bond donors (Lipinski definition) is 2. The molecule has 20 heavy (non-hydrogen) atoms. The van der Waals surface area contributed by atoms with Crippen LogP contribution in [0.3, 0.4) is 0 Å². The fourth-order valence-electron chi connectivity index (χ4n) is 1.82. The van der Waals surface area contributed by atoms with E-state index >= 15 is 0 Å². The summed E-state index contributed by atoms with van der Waals surface area (Å²) in [5.41, 5.74) is -0.216. The Bertz CT molecular complexity index is 621. The van der Waals surface area contributed by atoms with E-state index in [1.54, 1.807) is 27.8 Å². The molecule has 1 rings (SSSR count). The Balaban J connectivity index is 3.05. The Kier molecular flexibility index (Phi) is 4.60. The average molecular weight is 303 g/mol. The van der Waals surface area contributed by atoms with Gasteiger partial charge in [0.1, 0.15) is 4.90 Å². The van der Waals surface area contributed by atoms with Gasteiger partial charge >= 0.3 is 5.97 Å². The number of aromatic nitrogens is 2. The normalized spacial score (nSPS) is 15.1. The molecule has 0 saturated heterocycles. The second-order valence-electron chi connectivity index (χ2n) is 5.17. The van der Waals surface area contributed by atoms with Crippen LogP contribution in [0.2, 0.25) is 0 Å². The second kappa shape index (κ2) is 5.53. The number of sulfonamides is 1. The van der Waals surface area contributed by atoms with E-state index in [-0.39, 0.29) is 11.4 Å². The van der Waals surface area contributed by atoms with E-state index in [9.17, 15) is 13.2 Å². The van der Waals surface area contributed by atoms with Gasteiger partial charge in [0.05, 0.1) is 16.8 Å². The predicted molar refractivity (Wildman–Crippen MR) is 73.9 cm³/mol. The number of rotatable bonds is 6. The van der Waals surface area contributed by atoms with Gasteiger partial charge in [-0.2, -0.15) is 5.10 Å². The highest BCUT2D eigenvalue weighted by Gasteiger charge is 2.34. The van der Waals surface area contributed by atoms with Gasteiger partial charge in [0.15, 0.2) is 0 Å². The third-order valence-corrected chi connectivity index (χ3v) is 5.31. The second-order valence-corrected chi connectivity index (χ2v) is 6.87. The molecule has 0 aliphatic rings. The molecule has 8 heteroatoms. The van der Waals surface area contributed by atoms with Crippen molar-refractivity contribution >= 4 is 16.0 Å². The highest BCUT2D eigenvalue weighted by atomic mass is 32.2. The van der Waals surface area contributed by atoms with Crippen LogP contribution in [-0.2, 0) is 21.9 Å². The molecule has 0 radical (unpaired) electrons. The first-order valence-corrected chi connectivity index (χ1v) is 7.76. The van der Waals surface area contributed by atoms with Crippen molar-refractivity contribution in [3.63, 3.8) is 0 Å². The quantitative estimate of drug-likeness (QED) is 0.810. The fourth-order valence-corrected chi connectivity index (χ4v) is 3.43. The number of carboxylic acid groups (broad SMARTS) is 1. The summed E-state index contributed by atoms with van der Waals surface area (Å²) in [7, 11) is -2.11. The largest absolute Gasteiger partial charge is 0.481 e. The lowest BCUT2D eigenvalue weighted by molar-refractivity contribution is -0.147. The van der Waals surface area contributed by atoms with Gasteiger partial charge in [-0.05, 0) is 27.2 Å². The molecule has 0 aliphatic heterocycles. The lowest BCUT2D eigenvalue weighted by Crippen LogP contribution is -2.40. The number of carbonyl (C=O) groups is 1. The molecule has 0 aromatic carbocycles. The van der Waals surface area contributed by atoms with Crippen LogP contribution in [0.4, 0.5) is 0 Å². The topological polar surface area (TPSA) is 101 Å². The van der Waals surface area contributed by atoms with Gasteiger partial charge in [-0.3, -0.25) is 9.48 Å². The van der Waals surface area contributed by atoms with Gasteiger partial charge < -0.3 is 5.11 Å². The molecule has 0 fully saturated rings. The molecular weight excluding hydrogens is 282 g/mol. The zero-order valence-corrected chi connectivity index (χ0v) is 13.2. The van der Waals surface area contributed by atoms with Gasteiger partial charge in [-0.25, -0.2) is 13.1 Å². The SMILES string of the molecule is CCC(C)(CNS(=O)(=O)c1c(C)nn(C)c1C)C(=O)O. The molecule has 0 aliphatic carbocycles. The number of carboxylic acids is 1. The van der Waals surface area contributed by atoms with E-state index in [0.717, 1.165) is 0 Å². The summed E-state index contributed by atoms with van der Waals surface area (Å²) in [6.07, 6.45) is 0.329. The standard InChI is InChI=1S/C12H21N3O4S/c1-6-12(4,11(16)17)7-13-20(18,19)10-8(2)14-15(5)9(10)3/h13H,6-7H2,1-5H3,(H,16,17). The Labute approximate surface area is 119 Å². The summed E-state index contributed by atoms with van der Waals surface area (Å²) in [6.45, 7) is 6.33. The van der Waals surface area contributed by atoms with Crippen LogP contribution in [0.1, 0.15) is 31.7 Å². The summed E-state index contributed by atoms with van der Waals surface area (Å²) in [6, 6.07) is 0. The number of aryl methyl sites for hydroxylation is 2. The third-order valence-electron chi connectivity index (χ3n) is 3.66. The van der Waals surface area contributed by atoms with Crippen LogP contribution in [-0.4, -0.2) is 35.8 Å². The summed E-state index contributed by atoms with van der Waals surface area (Å²) >= 11 is 0. The number of nitrogens with zero attached hydrogens (tertiary/aromatic N) is 2. The van der Waals surface area contributed by atoms with Gasteiger partial charge in [0, 0.05) is 13.6 Å². The van der Waals surface area contributed by atoms with E-state index in [1.165, 1.54) is 11.6 Å². The first-order valence-electron chi connectivity index (χ1n) is 6.28. The molecule has 1 heterocycles. The van der Waals surface area contributed by atoms with Crippen LogP contribution in [0.25, 0.3) is 0 Å². The molecule has 1 aromatic rings. The minimum absolute atomic E-state index is 0.115. The van der Waals surface area contributed by atoms with Crippen molar-refractivity contribution in [3.8, 4) is 0 Å². The molecule has 114 valence electrons. The number of nitrogens with one attached hydrogen (secondary N) is 1. The van der Waals surface area contributed by atoms with Crippen molar-refractivity contribution in [2.24, 2.45) is 12.5 Å². The highest BCUT2D eigenvalue weighted by molar-refractivity contribution is 7.89. The lowest BCUT2D eigenvalue weighted by atomic mass is 9.88. The number of aliphatic carboxylic acids is 1.